The number of carbonyl (C=O) groups is 1. The zero-order valence-corrected chi connectivity index (χ0v) is 11.9. The lowest BCUT2D eigenvalue weighted by Gasteiger charge is -2.07. The third kappa shape index (κ3) is 3.55. The summed E-state index contributed by atoms with van der Waals surface area (Å²) in [7, 11) is 0. The molecule has 0 unspecified atom stereocenters. The van der Waals surface area contributed by atoms with Crippen molar-refractivity contribution in [3.05, 3.63) is 90.0 Å². The number of hydrogen-bond donors (Lipinski definition) is 1. The van der Waals surface area contributed by atoms with Crippen molar-refractivity contribution in [3.63, 3.8) is 0 Å². The van der Waals surface area contributed by atoms with E-state index < -0.39 is 0 Å². The molecule has 0 aliphatic carbocycles. The summed E-state index contributed by atoms with van der Waals surface area (Å²) in [6, 6.07) is 15.2. The molecule has 1 amide bonds. The number of carbonyl (C=O) groups excluding carboxylic acids is 1. The maximum atomic E-state index is 12.0. The maximum absolute atomic E-state index is 12.0. The van der Waals surface area contributed by atoms with E-state index >= 15 is 0 Å². The number of benzene rings is 1. The van der Waals surface area contributed by atoms with Crippen molar-refractivity contribution >= 4 is 11.6 Å². The van der Waals surface area contributed by atoms with Gasteiger partial charge in [-0.25, -0.2) is 0 Å². The number of pyridine rings is 2. The van der Waals surface area contributed by atoms with Crippen LogP contribution in [0.2, 0.25) is 0 Å². The van der Waals surface area contributed by atoms with Crippen LogP contribution in [0.25, 0.3) is 0 Å². The molecular formula is C18H15N3O. The Hall–Kier alpha value is -3.01. The van der Waals surface area contributed by atoms with Crippen LogP contribution in [0.1, 0.15) is 21.5 Å². The zero-order chi connectivity index (χ0) is 15.2. The average molecular weight is 289 g/mol. The van der Waals surface area contributed by atoms with Crippen molar-refractivity contribution < 1.29 is 4.79 Å². The van der Waals surface area contributed by atoms with E-state index in [1.54, 1.807) is 36.9 Å². The smallest absolute Gasteiger partial charge is 0.255 e. The van der Waals surface area contributed by atoms with Crippen LogP contribution < -0.4 is 5.32 Å². The number of rotatable bonds is 4. The highest BCUT2D eigenvalue weighted by Gasteiger charge is 2.05. The molecule has 0 fully saturated rings. The number of hydrogen-bond acceptors (Lipinski definition) is 3. The van der Waals surface area contributed by atoms with E-state index in [1.807, 2.05) is 36.4 Å². The van der Waals surface area contributed by atoms with Crippen LogP contribution in [0.4, 0.5) is 5.69 Å². The van der Waals surface area contributed by atoms with Crippen LogP contribution in [0, 0.1) is 0 Å². The van der Waals surface area contributed by atoms with E-state index in [0.29, 0.717) is 5.56 Å². The Morgan fingerprint density at radius 1 is 0.773 bits per heavy atom. The summed E-state index contributed by atoms with van der Waals surface area (Å²) >= 11 is 0. The second-order valence-corrected chi connectivity index (χ2v) is 4.92. The summed E-state index contributed by atoms with van der Waals surface area (Å²) in [5, 5.41) is 2.87. The Kier molecular flexibility index (Phi) is 4.20. The highest BCUT2D eigenvalue weighted by Crippen LogP contribution is 2.14. The second-order valence-electron chi connectivity index (χ2n) is 4.92. The SMILES string of the molecule is O=C(Nc1ccc(Cc2ccncc2)cc1)c1ccncc1. The van der Waals surface area contributed by atoms with Gasteiger partial charge >= 0.3 is 0 Å². The molecule has 0 bridgehead atoms. The van der Waals surface area contributed by atoms with E-state index in [9.17, 15) is 4.79 Å². The molecular weight excluding hydrogens is 274 g/mol. The molecule has 3 rings (SSSR count). The fourth-order valence-electron chi connectivity index (χ4n) is 2.15. The third-order valence-corrected chi connectivity index (χ3v) is 3.31. The minimum absolute atomic E-state index is 0.135. The van der Waals surface area contributed by atoms with Gasteiger partial charge in [0.2, 0.25) is 0 Å². The van der Waals surface area contributed by atoms with Gasteiger partial charge in [0.05, 0.1) is 0 Å². The Balaban J connectivity index is 1.66. The number of aromatic nitrogens is 2. The van der Waals surface area contributed by atoms with Crippen LogP contribution in [0.3, 0.4) is 0 Å². The summed E-state index contributed by atoms with van der Waals surface area (Å²) in [6.45, 7) is 0. The van der Waals surface area contributed by atoms with E-state index in [-0.39, 0.29) is 5.91 Å². The summed E-state index contributed by atoms with van der Waals surface area (Å²) < 4.78 is 0. The van der Waals surface area contributed by atoms with Gasteiger partial charge in [-0.2, -0.15) is 0 Å². The van der Waals surface area contributed by atoms with Gasteiger partial charge in [0, 0.05) is 36.0 Å². The number of nitrogens with one attached hydrogen (secondary N) is 1. The number of amides is 1. The van der Waals surface area contributed by atoms with E-state index in [2.05, 4.69) is 15.3 Å². The molecule has 0 spiro atoms. The lowest BCUT2D eigenvalue weighted by molar-refractivity contribution is 0.102. The molecule has 1 N–H and O–H groups in total. The van der Waals surface area contributed by atoms with Crippen LogP contribution >= 0.6 is 0 Å². The Morgan fingerprint density at radius 3 is 1.95 bits per heavy atom. The van der Waals surface area contributed by atoms with Crippen LogP contribution in [-0.2, 0) is 6.42 Å². The third-order valence-electron chi connectivity index (χ3n) is 3.31. The van der Waals surface area contributed by atoms with Crippen LogP contribution in [-0.4, -0.2) is 15.9 Å². The zero-order valence-electron chi connectivity index (χ0n) is 11.9. The van der Waals surface area contributed by atoms with Gasteiger partial charge in [0.25, 0.3) is 5.91 Å². The first-order chi connectivity index (χ1) is 10.8. The molecule has 2 heterocycles. The average Bonchev–Trinajstić information content (AvgIpc) is 2.58. The molecule has 1 aromatic carbocycles. The monoisotopic (exact) mass is 289 g/mol. The standard InChI is InChI=1S/C18H15N3O/c22-18(16-7-11-20-12-8-16)21-17-3-1-14(2-4-17)13-15-5-9-19-10-6-15/h1-12H,13H2,(H,21,22). The number of nitrogens with zero attached hydrogens (tertiary/aromatic N) is 2. The van der Waals surface area contributed by atoms with Crippen molar-refractivity contribution in [2.45, 2.75) is 6.42 Å². The quantitative estimate of drug-likeness (QED) is 0.801. The molecule has 0 aliphatic heterocycles. The van der Waals surface area contributed by atoms with Crippen molar-refractivity contribution in [2.24, 2.45) is 0 Å². The minimum Gasteiger partial charge on any atom is -0.322 e. The Morgan fingerprint density at radius 2 is 1.32 bits per heavy atom. The van der Waals surface area contributed by atoms with Gasteiger partial charge in [-0.15, -0.1) is 0 Å². The van der Waals surface area contributed by atoms with Gasteiger partial charge < -0.3 is 5.32 Å². The Bertz CT molecular complexity index is 740. The molecule has 22 heavy (non-hydrogen) atoms. The molecule has 0 radical (unpaired) electrons. The van der Waals surface area contributed by atoms with Crippen molar-refractivity contribution in [3.8, 4) is 0 Å². The fourth-order valence-corrected chi connectivity index (χ4v) is 2.15. The number of anilines is 1. The highest BCUT2D eigenvalue weighted by molar-refractivity contribution is 6.04. The van der Waals surface area contributed by atoms with Gasteiger partial charge in [-0.3, -0.25) is 14.8 Å². The second kappa shape index (κ2) is 6.63. The minimum atomic E-state index is -0.135. The largest absolute Gasteiger partial charge is 0.322 e. The molecule has 2 aromatic heterocycles. The molecule has 3 aromatic rings. The lowest BCUT2D eigenvalue weighted by Crippen LogP contribution is -2.11. The highest BCUT2D eigenvalue weighted by atomic mass is 16.1. The fraction of sp³-hybridized carbons (Fsp3) is 0.0556. The van der Waals surface area contributed by atoms with Gasteiger partial charge in [-0.05, 0) is 53.9 Å². The van der Waals surface area contributed by atoms with Gasteiger partial charge in [0.15, 0.2) is 0 Å². The van der Waals surface area contributed by atoms with Gasteiger partial charge in [-0.1, -0.05) is 12.1 Å². The van der Waals surface area contributed by atoms with Crippen LogP contribution in [0.15, 0.2) is 73.3 Å². The van der Waals surface area contributed by atoms with E-state index in [1.165, 1.54) is 11.1 Å². The molecule has 0 saturated heterocycles. The normalized spacial score (nSPS) is 10.2. The molecule has 0 atom stereocenters. The molecule has 108 valence electrons. The summed E-state index contributed by atoms with van der Waals surface area (Å²) in [4.78, 5) is 20.0. The molecule has 0 saturated carbocycles. The predicted octanol–water partition coefficient (Wildman–Crippen LogP) is 3.32. The van der Waals surface area contributed by atoms with Gasteiger partial charge in [0.1, 0.15) is 0 Å². The van der Waals surface area contributed by atoms with E-state index in [0.717, 1.165) is 12.1 Å². The van der Waals surface area contributed by atoms with Crippen LogP contribution in [0.5, 0.6) is 0 Å². The van der Waals surface area contributed by atoms with Crippen molar-refractivity contribution in [1.29, 1.82) is 0 Å². The van der Waals surface area contributed by atoms with Crippen molar-refractivity contribution in [1.82, 2.24) is 9.97 Å². The first-order valence-corrected chi connectivity index (χ1v) is 7.00. The first kappa shape index (κ1) is 13.9. The maximum Gasteiger partial charge on any atom is 0.255 e. The molecule has 4 heteroatoms. The predicted molar refractivity (Wildman–Crippen MR) is 85.7 cm³/mol. The topological polar surface area (TPSA) is 54.9 Å². The lowest BCUT2D eigenvalue weighted by atomic mass is 10.1. The van der Waals surface area contributed by atoms with E-state index in [4.69, 9.17) is 0 Å². The molecule has 4 nitrogen and oxygen atoms in total. The van der Waals surface area contributed by atoms with Crippen molar-refractivity contribution in [2.75, 3.05) is 5.32 Å². The summed E-state index contributed by atoms with van der Waals surface area (Å²) in [6.07, 6.45) is 7.64. The Labute approximate surface area is 128 Å². The summed E-state index contributed by atoms with van der Waals surface area (Å²) in [5.74, 6) is -0.135. The molecule has 0 aliphatic rings. The first-order valence-electron chi connectivity index (χ1n) is 7.00. The summed E-state index contributed by atoms with van der Waals surface area (Å²) in [5.41, 5.74) is 3.77.